The van der Waals surface area contributed by atoms with Gasteiger partial charge in [0.15, 0.2) is 0 Å². The Morgan fingerprint density at radius 1 is 0.514 bits per heavy atom. The van der Waals surface area contributed by atoms with Crippen LogP contribution in [0.2, 0.25) is 0 Å². The van der Waals surface area contributed by atoms with Crippen LogP contribution in [0.4, 0.5) is 21.5 Å². The summed E-state index contributed by atoms with van der Waals surface area (Å²) in [6.07, 6.45) is 0. The summed E-state index contributed by atoms with van der Waals surface area (Å²) in [4.78, 5) is 6.90. The highest BCUT2D eigenvalue weighted by molar-refractivity contribution is 5.60. The molecule has 0 aliphatic rings. The van der Waals surface area contributed by atoms with Crippen LogP contribution in [0, 0.1) is 19.7 Å². The lowest BCUT2D eigenvalue weighted by Gasteiger charge is -2.28. The van der Waals surface area contributed by atoms with Crippen molar-refractivity contribution in [2.45, 2.75) is 61.3 Å². The molecule has 0 aliphatic heterocycles. The van der Waals surface area contributed by atoms with Crippen LogP contribution >= 0.6 is 0 Å². The monoisotopic (exact) mass is 503 g/mol. The van der Waals surface area contributed by atoms with Gasteiger partial charge in [0, 0.05) is 62.2 Å². The minimum Gasteiger partial charge on any atom is -0.372 e. The lowest BCUT2D eigenvalue weighted by atomic mass is 9.80. The molecule has 0 atom stereocenters. The highest BCUT2D eigenvalue weighted by atomic mass is 19.1. The molecule has 0 N–H and O–H groups in total. The average molecular weight is 504 g/mol. The quantitative estimate of drug-likeness (QED) is 0.231. The smallest absolute Gasteiger partial charge is 0.129 e. The minimum atomic E-state index is -0.178. The molecule has 3 nitrogen and oxygen atoms in total. The SMILES string of the molecule is CCN(CC)c1ccc(C(c2ccc(N(CC)CC)cc2C)c2ccc(N(CC)CC)cc2F)c(C)c1. The summed E-state index contributed by atoms with van der Waals surface area (Å²) >= 11 is 0. The van der Waals surface area contributed by atoms with Gasteiger partial charge in [-0.05, 0) is 120 Å². The summed E-state index contributed by atoms with van der Waals surface area (Å²) in [5.41, 5.74) is 8.79. The molecule has 0 saturated carbocycles. The van der Waals surface area contributed by atoms with Crippen molar-refractivity contribution in [3.63, 3.8) is 0 Å². The summed E-state index contributed by atoms with van der Waals surface area (Å²) in [6, 6.07) is 19.1. The molecule has 200 valence electrons. The number of hydrogen-bond donors (Lipinski definition) is 0. The van der Waals surface area contributed by atoms with E-state index in [1.54, 1.807) is 6.07 Å². The van der Waals surface area contributed by atoms with Crippen molar-refractivity contribution in [1.29, 1.82) is 0 Å². The van der Waals surface area contributed by atoms with E-state index in [1.807, 2.05) is 6.07 Å². The lowest BCUT2D eigenvalue weighted by molar-refractivity contribution is 0.605. The minimum absolute atomic E-state index is 0.145. The summed E-state index contributed by atoms with van der Waals surface area (Å²) in [5.74, 6) is -0.323. The first-order valence-electron chi connectivity index (χ1n) is 14.1. The molecule has 4 heteroatoms. The molecule has 3 rings (SSSR count). The number of nitrogens with zero attached hydrogens (tertiary/aromatic N) is 3. The normalized spacial score (nSPS) is 11.2. The molecule has 0 saturated heterocycles. The fourth-order valence-corrected chi connectivity index (χ4v) is 5.58. The van der Waals surface area contributed by atoms with Gasteiger partial charge in [-0.25, -0.2) is 4.39 Å². The van der Waals surface area contributed by atoms with Gasteiger partial charge in [0.25, 0.3) is 0 Å². The molecule has 0 amide bonds. The highest BCUT2D eigenvalue weighted by Gasteiger charge is 2.25. The van der Waals surface area contributed by atoms with E-state index < -0.39 is 0 Å². The van der Waals surface area contributed by atoms with Crippen LogP contribution in [0.3, 0.4) is 0 Å². The second-order valence-electron chi connectivity index (χ2n) is 9.74. The predicted octanol–water partition coefficient (Wildman–Crippen LogP) is 8.16. The van der Waals surface area contributed by atoms with Crippen LogP contribution in [0.15, 0.2) is 54.6 Å². The van der Waals surface area contributed by atoms with Gasteiger partial charge in [0.05, 0.1) is 0 Å². The first kappa shape index (κ1) is 28.6. The first-order valence-corrected chi connectivity index (χ1v) is 14.1. The molecular formula is C33H46FN3. The number of anilines is 3. The molecule has 0 heterocycles. The van der Waals surface area contributed by atoms with Crippen molar-refractivity contribution in [2.75, 3.05) is 54.0 Å². The molecule has 0 bridgehead atoms. The predicted molar refractivity (Wildman–Crippen MR) is 160 cm³/mol. The van der Waals surface area contributed by atoms with Gasteiger partial charge in [0.2, 0.25) is 0 Å². The Morgan fingerprint density at radius 3 is 1.14 bits per heavy atom. The van der Waals surface area contributed by atoms with Crippen molar-refractivity contribution >= 4 is 17.1 Å². The zero-order chi connectivity index (χ0) is 27.1. The zero-order valence-electron chi connectivity index (χ0n) is 24.2. The Balaban J connectivity index is 2.20. The Hall–Kier alpha value is -3.01. The molecule has 0 fully saturated rings. The molecule has 3 aromatic rings. The second-order valence-corrected chi connectivity index (χ2v) is 9.74. The van der Waals surface area contributed by atoms with E-state index >= 15 is 4.39 Å². The van der Waals surface area contributed by atoms with Crippen LogP contribution in [0.5, 0.6) is 0 Å². The molecule has 37 heavy (non-hydrogen) atoms. The zero-order valence-corrected chi connectivity index (χ0v) is 24.2. The van der Waals surface area contributed by atoms with Crippen molar-refractivity contribution in [2.24, 2.45) is 0 Å². The largest absolute Gasteiger partial charge is 0.372 e. The van der Waals surface area contributed by atoms with Crippen LogP contribution in [0.25, 0.3) is 0 Å². The van der Waals surface area contributed by atoms with Gasteiger partial charge in [0.1, 0.15) is 5.82 Å². The van der Waals surface area contributed by atoms with E-state index in [1.165, 1.54) is 22.5 Å². The fourth-order valence-electron chi connectivity index (χ4n) is 5.58. The third kappa shape index (κ3) is 6.11. The number of hydrogen-bond acceptors (Lipinski definition) is 3. The van der Waals surface area contributed by atoms with Gasteiger partial charge in [-0.3, -0.25) is 0 Å². The maximum Gasteiger partial charge on any atom is 0.129 e. The summed E-state index contributed by atoms with van der Waals surface area (Å²) in [7, 11) is 0. The van der Waals surface area contributed by atoms with Crippen molar-refractivity contribution in [3.05, 3.63) is 88.2 Å². The van der Waals surface area contributed by atoms with Crippen molar-refractivity contribution in [1.82, 2.24) is 0 Å². The van der Waals surface area contributed by atoms with E-state index in [9.17, 15) is 0 Å². The average Bonchev–Trinajstić information content (AvgIpc) is 2.89. The van der Waals surface area contributed by atoms with Crippen LogP contribution in [-0.4, -0.2) is 39.3 Å². The third-order valence-electron chi connectivity index (χ3n) is 7.81. The van der Waals surface area contributed by atoms with Gasteiger partial charge in [-0.1, -0.05) is 18.2 Å². The van der Waals surface area contributed by atoms with Crippen molar-refractivity contribution in [3.8, 4) is 0 Å². The number of benzene rings is 3. The van der Waals surface area contributed by atoms with E-state index in [0.717, 1.165) is 61.6 Å². The van der Waals surface area contributed by atoms with Crippen LogP contribution in [0.1, 0.15) is 75.3 Å². The van der Waals surface area contributed by atoms with E-state index in [4.69, 9.17) is 0 Å². The second kappa shape index (κ2) is 13.0. The standard InChI is InChI=1S/C33H46FN3/c1-9-35(10-2)26-15-18-29(24(7)21-26)33(30-19-16-27(22-25(30)8)36(11-3)12-4)31-20-17-28(23-32(31)34)37(13-5)14-6/h15-23,33H,9-14H2,1-8H3. The van der Waals surface area contributed by atoms with E-state index in [0.29, 0.717) is 0 Å². The third-order valence-corrected chi connectivity index (χ3v) is 7.81. The van der Waals surface area contributed by atoms with Crippen molar-refractivity contribution < 1.29 is 4.39 Å². The summed E-state index contributed by atoms with van der Waals surface area (Å²) in [6.45, 7) is 22.9. The molecular weight excluding hydrogens is 457 g/mol. The fraction of sp³-hybridized carbons (Fsp3) is 0.455. The Bertz CT molecular complexity index is 1010. The molecule has 0 radical (unpaired) electrons. The molecule has 3 aromatic carbocycles. The Kier molecular flexibility index (Phi) is 10.0. The lowest BCUT2D eigenvalue weighted by Crippen LogP contribution is -2.23. The maximum absolute atomic E-state index is 16.0. The van der Waals surface area contributed by atoms with Gasteiger partial charge in [-0.15, -0.1) is 0 Å². The van der Waals surface area contributed by atoms with Crippen LogP contribution in [-0.2, 0) is 0 Å². The van der Waals surface area contributed by atoms with Gasteiger partial charge < -0.3 is 14.7 Å². The molecule has 0 aliphatic carbocycles. The highest BCUT2D eigenvalue weighted by Crippen LogP contribution is 2.39. The Morgan fingerprint density at radius 2 is 0.838 bits per heavy atom. The van der Waals surface area contributed by atoms with Crippen LogP contribution < -0.4 is 14.7 Å². The Labute approximate surface area is 224 Å². The van der Waals surface area contributed by atoms with Gasteiger partial charge in [-0.2, -0.15) is 0 Å². The topological polar surface area (TPSA) is 9.72 Å². The molecule has 0 spiro atoms. The summed E-state index contributed by atoms with van der Waals surface area (Å²) < 4.78 is 16.0. The number of halogens is 1. The summed E-state index contributed by atoms with van der Waals surface area (Å²) in [5, 5.41) is 0. The van der Waals surface area contributed by atoms with Gasteiger partial charge >= 0.3 is 0 Å². The van der Waals surface area contributed by atoms with E-state index in [-0.39, 0.29) is 11.7 Å². The molecule has 0 unspecified atom stereocenters. The number of aryl methyl sites for hydroxylation is 2. The molecule has 0 aromatic heterocycles. The first-order chi connectivity index (χ1) is 17.8. The number of rotatable bonds is 12. The van der Waals surface area contributed by atoms with E-state index in [2.05, 4.69) is 113 Å². The maximum atomic E-state index is 16.0.